The largest absolute Gasteiger partial charge is 0.251 e. The molecule has 0 spiro atoms. The van der Waals surface area contributed by atoms with Crippen molar-refractivity contribution < 1.29 is 28.5 Å². The maximum absolute atomic E-state index is 10.8. The quantitative estimate of drug-likeness (QED) is 0.785. The van der Waals surface area contributed by atoms with Gasteiger partial charge in [0.25, 0.3) is 6.10 Å². The minimum atomic E-state index is -4.50. The molecule has 2 aromatic rings. The molecule has 2 rings (SSSR count). The summed E-state index contributed by atoms with van der Waals surface area (Å²) >= 11 is 0. The highest BCUT2D eigenvalue weighted by Gasteiger charge is 2.24. The molecule has 0 aromatic heterocycles. The van der Waals surface area contributed by atoms with E-state index in [1.807, 2.05) is 60.7 Å². The number of rotatable bonds is 6. The van der Waals surface area contributed by atoms with Crippen LogP contribution >= 0.6 is 0 Å². The highest BCUT2D eigenvalue weighted by molar-refractivity contribution is 5.53. The van der Waals surface area contributed by atoms with E-state index in [-0.39, 0.29) is 0 Å². The van der Waals surface area contributed by atoms with Gasteiger partial charge in [-0.1, -0.05) is 72.8 Å². The maximum Gasteiger partial charge on any atom is 0.251 e. The molecule has 2 aromatic carbocycles. The Morgan fingerprint density at radius 1 is 0.727 bits per heavy atom. The lowest BCUT2D eigenvalue weighted by Gasteiger charge is -2.15. The third-order valence-electron chi connectivity index (χ3n) is 2.77. The van der Waals surface area contributed by atoms with Crippen LogP contribution in [0, 0.1) is 10.2 Å². The van der Waals surface area contributed by atoms with Crippen molar-refractivity contribution in [3.05, 3.63) is 83.9 Å². The van der Waals surface area contributed by atoms with Crippen molar-refractivity contribution in [2.24, 2.45) is 0 Å². The van der Waals surface area contributed by atoms with E-state index in [0.29, 0.717) is 0 Å². The Morgan fingerprint density at radius 2 is 1.14 bits per heavy atom. The molecule has 0 saturated heterocycles. The molecule has 0 fully saturated rings. The molecule has 0 aliphatic heterocycles. The molecule has 114 valence electrons. The van der Waals surface area contributed by atoms with E-state index in [9.17, 15) is 14.0 Å². The number of halogens is 1. The van der Waals surface area contributed by atoms with Gasteiger partial charge in [-0.3, -0.25) is 0 Å². The van der Waals surface area contributed by atoms with Crippen LogP contribution in [0.3, 0.4) is 0 Å². The van der Waals surface area contributed by atoms with Crippen LogP contribution in [0.25, 0.3) is 12.2 Å². The smallest absolute Gasteiger partial charge is 0.183 e. The summed E-state index contributed by atoms with van der Waals surface area (Å²) in [7, 11) is -4.50. The van der Waals surface area contributed by atoms with E-state index in [4.69, 9.17) is 0 Å². The Balaban J connectivity index is 2.12. The molecule has 0 saturated carbocycles. The molecule has 0 N–H and O–H groups in total. The van der Waals surface area contributed by atoms with Crippen LogP contribution in [0.1, 0.15) is 11.1 Å². The molecule has 0 aliphatic carbocycles. The molecular formula is C17H15ClO4. The molecule has 5 heteroatoms. The zero-order valence-electron chi connectivity index (χ0n) is 11.7. The Morgan fingerprint density at radius 3 is 1.50 bits per heavy atom. The van der Waals surface area contributed by atoms with Gasteiger partial charge in [-0.25, -0.2) is 0 Å². The van der Waals surface area contributed by atoms with Gasteiger partial charge in [0.2, 0.25) is 0 Å². The van der Waals surface area contributed by atoms with Crippen molar-refractivity contribution in [3.63, 3.8) is 0 Å². The van der Waals surface area contributed by atoms with E-state index in [2.05, 4.69) is 4.29 Å². The van der Waals surface area contributed by atoms with Gasteiger partial charge in [0.15, 0.2) is 0 Å². The van der Waals surface area contributed by atoms with Crippen LogP contribution in [0.15, 0.2) is 72.8 Å². The van der Waals surface area contributed by atoms with Crippen molar-refractivity contribution in [1.29, 1.82) is 0 Å². The zero-order valence-corrected chi connectivity index (χ0v) is 12.4. The summed E-state index contributed by atoms with van der Waals surface area (Å²) in [6.07, 6.45) is 5.44. The van der Waals surface area contributed by atoms with E-state index < -0.39 is 16.3 Å². The van der Waals surface area contributed by atoms with Gasteiger partial charge in [0.1, 0.15) is 0 Å². The van der Waals surface area contributed by atoms with Crippen molar-refractivity contribution >= 4 is 12.2 Å². The van der Waals surface area contributed by atoms with Gasteiger partial charge in [0.05, 0.1) is 14.5 Å². The Kier molecular flexibility index (Phi) is 5.89. The third-order valence-corrected chi connectivity index (χ3v) is 3.19. The van der Waals surface area contributed by atoms with Gasteiger partial charge in [-0.2, -0.15) is 14.0 Å². The second kappa shape index (κ2) is 7.89. The Hall–Kier alpha value is -1.95. The van der Waals surface area contributed by atoms with Crippen molar-refractivity contribution in [2.75, 3.05) is 0 Å². The molecule has 0 radical (unpaired) electrons. The Labute approximate surface area is 131 Å². The van der Waals surface area contributed by atoms with Crippen LogP contribution in [0.4, 0.5) is 0 Å². The summed E-state index contributed by atoms with van der Waals surface area (Å²) in [5, 5.41) is 0. The lowest BCUT2D eigenvalue weighted by molar-refractivity contribution is -1.92. The number of hydrogen-bond acceptors (Lipinski definition) is 4. The highest BCUT2D eigenvalue weighted by Crippen LogP contribution is 2.10. The maximum atomic E-state index is 10.8. The lowest BCUT2D eigenvalue weighted by Crippen LogP contribution is -2.62. The van der Waals surface area contributed by atoms with Crippen LogP contribution < -0.4 is 14.0 Å². The van der Waals surface area contributed by atoms with Gasteiger partial charge in [0, 0.05) is 0 Å². The van der Waals surface area contributed by atoms with E-state index in [0.717, 1.165) is 11.1 Å². The standard InChI is InChI=1S/C17H15ClO4/c19-18(20,21)22-17(13-11-15-7-3-1-4-8-15)14-12-16-9-5-2-6-10-16/h1-14,17H. The minimum Gasteiger partial charge on any atom is -0.183 e. The van der Waals surface area contributed by atoms with E-state index in [1.165, 1.54) is 12.2 Å². The number of hydrogen-bond donors (Lipinski definition) is 0. The summed E-state index contributed by atoms with van der Waals surface area (Å²) in [6, 6.07) is 18.6. The molecule has 0 unspecified atom stereocenters. The van der Waals surface area contributed by atoms with E-state index in [1.54, 1.807) is 12.2 Å². The first-order chi connectivity index (χ1) is 10.5. The van der Waals surface area contributed by atoms with Crippen LogP contribution in [-0.2, 0) is 4.29 Å². The molecule has 4 nitrogen and oxygen atoms in total. The topological polar surface area (TPSA) is 78.4 Å². The van der Waals surface area contributed by atoms with Crippen molar-refractivity contribution in [3.8, 4) is 0 Å². The molecular weight excluding hydrogens is 304 g/mol. The first-order valence-electron chi connectivity index (χ1n) is 6.58. The van der Waals surface area contributed by atoms with Crippen LogP contribution in [0.2, 0.25) is 0 Å². The first-order valence-corrected chi connectivity index (χ1v) is 7.82. The summed E-state index contributed by atoms with van der Waals surface area (Å²) in [6.45, 7) is 0. The van der Waals surface area contributed by atoms with Gasteiger partial charge >= 0.3 is 0 Å². The minimum absolute atomic E-state index is 0.879. The molecule has 0 heterocycles. The zero-order chi connectivity index (χ0) is 15.8. The lowest BCUT2D eigenvalue weighted by atomic mass is 10.1. The fourth-order valence-electron chi connectivity index (χ4n) is 1.79. The average molecular weight is 319 g/mol. The molecule has 0 atom stereocenters. The van der Waals surface area contributed by atoms with E-state index >= 15 is 0 Å². The van der Waals surface area contributed by atoms with Gasteiger partial charge in [-0.15, -0.1) is 0 Å². The predicted molar refractivity (Wildman–Crippen MR) is 75.8 cm³/mol. The first kappa shape index (κ1) is 16.4. The monoisotopic (exact) mass is 318 g/mol. The highest BCUT2D eigenvalue weighted by atomic mass is 35.7. The van der Waals surface area contributed by atoms with Gasteiger partial charge in [-0.05, 0) is 23.3 Å². The summed E-state index contributed by atoms with van der Waals surface area (Å²) in [5.74, 6) is 0. The molecule has 0 aliphatic rings. The SMILES string of the molecule is [O-][Cl+3]([O-])([O-])OC(C=Cc1ccccc1)C=Cc1ccccc1. The van der Waals surface area contributed by atoms with Crippen molar-refractivity contribution in [1.82, 2.24) is 0 Å². The summed E-state index contributed by atoms with van der Waals surface area (Å²) in [4.78, 5) is 0. The third kappa shape index (κ3) is 6.22. The average Bonchev–Trinajstić information content (AvgIpc) is 2.51. The van der Waals surface area contributed by atoms with Gasteiger partial charge < -0.3 is 0 Å². The predicted octanol–water partition coefficient (Wildman–Crippen LogP) is 0.696. The summed E-state index contributed by atoms with van der Waals surface area (Å²) < 4.78 is 36.9. The van der Waals surface area contributed by atoms with Crippen molar-refractivity contribution in [2.45, 2.75) is 6.10 Å². The second-order valence-electron chi connectivity index (χ2n) is 4.47. The Bertz CT molecular complexity index is 569. The fraction of sp³-hybridized carbons (Fsp3) is 0.0588. The van der Waals surface area contributed by atoms with Crippen LogP contribution in [0.5, 0.6) is 0 Å². The molecule has 0 amide bonds. The fourth-order valence-corrected chi connectivity index (χ4v) is 2.16. The van der Waals surface area contributed by atoms with Crippen LogP contribution in [-0.4, -0.2) is 6.10 Å². The number of benzene rings is 2. The summed E-state index contributed by atoms with van der Waals surface area (Å²) in [5.41, 5.74) is 1.76. The second-order valence-corrected chi connectivity index (χ2v) is 5.41. The normalized spacial score (nSPS) is 13.8. The molecule has 22 heavy (non-hydrogen) atoms. The molecule has 0 bridgehead atoms.